The lowest BCUT2D eigenvalue weighted by Crippen LogP contribution is -2.30. The Kier molecular flexibility index (Phi) is 4.91. The summed E-state index contributed by atoms with van der Waals surface area (Å²) < 4.78 is 53.6. The Hall–Kier alpha value is -1.59. The highest BCUT2D eigenvalue weighted by molar-refractivity contribution is 5.94. The number of carbonyl (C=O) groups is 1. The van der Waals surface area contributed by atoms with Crippen molar-refractivity contribution in [3.63, 3.8) is 0 Å². The Morgan fingerprint density at radius 2 is 1.58 bits per heavy atom. The molecular weight excluding hydrogens is 262 g/mol. The lowest BCUT2D eigenvalue weighted by Gasteiger charge is -2.12. The summed E-state index contributed by atoms with van der Waals surface area (Å²) in [5.74, 6) is -7.50. The summed E-state index contributed by atoms with van der Waals surface area (Å²) in [5.41, 5.74) is -2.00. The van der Waals surface area contributed by atoms with Crippen LogP contribution in [0.5, 0.6) is 0 Å². The molecule has 0 bridgehead atoms. The third-order valence-corrected chi connectivity index (χ3v) is 3.02. The highest BCUT2D eigenvalue weighted by atomic mass is 19.2. The van der Waals surface area contributed by atoms with Crippen LogP contribution in [0.15, 0.2) is 0 Å². The smallest absolute Gasteiger partial charge is 0.257 e. The fraction of sp³-hybridized carbons (Fsp3) is 0.462. The molecule has 0 spiro atoms. The molecule has 0 saturated carbocycles. The van der Waals surface area contributed by atoms with Crippen molar-refractivity contribution >= 4 is 5.91 Å². The van der Waals surface area contributed by atoms with Crippen molar-refractivity contribution in [3.05, 3.63) is 34.4 Å². The van der Waals surface area contributed by atoms with Crippen molar-refractivity contribution in [2.75, 3.05) is 6.54 Å². The lowest BCUT2D eigenvalue weighted by molar-refractivity contribution is 0.0936. The molecule has 106 valence electrons. The van der Waals surface area contributed by atoms with Crippen molar-refractivity contribution in [1.82, 2.24) is 5.32 Å². The Labute approximate surface area is 108 Å². The molecule has 0 aliphatic heterocycles. The van der Waals surface area contributed by atoms with Crippen molar-refractivity contribution in [2.45, 2.75) is 27.2 Å². The van der Waals surface area contributed by atoms with E-state index < -0.39 is 40.3 Å². The molecule has 1 aromatic carbocycles. The molecule has 2 nitrogen and oxygen atoms in total. The Morgan fingerprint density at radius 1 is 1.11 bits per heavy atom. The predicted octanol–water partition coefficient (Wildman–Crippen LogP) is 3.33. The zero-order chi connectivity index (χ0) is 14.7. The van der Waals surface area contributed by atoms with Crippen molar-refractivity contribution < 1.29 is 22.4 Å². The largest absolute Gasteiger partial charge is 0.352 e. The average Bonchev–Trinajstić information content (AvgIpc) is 2.40. The number of hydrogen-bond acceptors (Lipinski definition) is 1. The molecule has 0 radical (unpaired) electrons. The van der Waals surface area contributed by atoms with Gasteiger partial charge in [0.25, 0.3) is 5.91 Å². The molecule has 1 N–H and O–H groups in total. The number of halogens is 4. The van der Waals surface area contributed by atoms with E-state index in [1.54, 1.807) is 0 Å². The van der Waals surface area contributed by atoms with Crippen molar-refractivity contribution in [2.24, 2.45) is 5.92 Å². The molecule has 1 amide bonds. The van der Waals surface area contributed by atoms with Crippen LogP contribution in [-0.4, -0.2) is 12.5 Å². The molecule has 19 heavy (non-hydrogen) atoms. The van der Waals surface area contributed by atoms with Gasteiger partial charge < -0.3 is 5.32 Å². The van der Waals surface area contributed by atoms with E-state index in [2.05, 4.69) is 5.32 Å². The minimum absolute atomic E-state index is 0.0928. The van der Waals surface area contributed by atoms with Gasteiger partial charge in [0, 0.05) is 12.1 Å². The third kappa shape index (κ3) is 3.05. The van der Waals surface area contributed by atoms with Gasteiger partial charge in [-0.05, 0) is 12.8 Å². The van der Waals surface area contributed by atoms with Crippen LogP contribution in [0.4, 0.5) is 17.6 Å². The van der Waals surface area contributed by atoms with Gasteiger partial charge in [-0.25, -0.2) is 17.6 Å². The fourth-order valence-corrected chi connectivity index (χ4v) is 1.44. The van der Waals surface area contributed by atoms with Crippen LogP contribution in [0.1, 0.15) is 36.2 Å². The lowest BCUT2D eigenvalue weighted by atomic mass is 10.1. The number of hydrogen-bond donors (Lipinski definition) is 1. The number of carbonyl (C=O) groups excluding carboxylic acids is 1. The van der Waals surface area contributed by atoms with Gasteiger partial charge in [-0.1, -0.05) is 20.3 Å². The molecule has 1 unspecified atom stereocenters. The normalized spacial score (nSPS) is 12.4. The minimum Gasteiger partial charge on any atom is -0.352 e. The maximum Gasteiger partial charge on any atom is 0.257 e. The van der Waals surface area contributed by atoms with E-state index >= 15 is 0 Å². The van der Waals surface area contributed by atoms with E-state index in [1.807, 2.05) is 13.8 Å². The summed E-state index contributed by atoms with van der Waals surface area (Å²) in [5, 5.41) is 2.25. The second-order valence-electron chi connectivity index (χ2n) is 4.48. The van der Waals surface area contributed by atoms with Gasteiger partial charge in [-0.15, -0.1) is 0 Å². The molecular formula is C13H15F4NO. The molecule has 0 aliphatic rings. The monoisotopic (exact) mass is 277 g/mol. The molecule has 6 heteroatoms. The van der Waals surface area contributed by atoms with Crippen LogP contribution in [0.25, 0.3) is 0 Å². The summed E-state index contributed by atoms with van der Waals surface area (Å²) in [6.45, 7) is 4.77. The summed E-state index contributed by atoms with van der Waals surface area (Å²) in [6.07, 6.45) is 0.752. The van der Waals surface area contributed by atoms with Crippen molar-refractivity contribution in [1.29, 1.82) is 0 Å². The first-order chi connectivity index (χ1) is 8.81. The van der Waals surface area contributed by atoms with Crippen LogP contribution in [-0.2, 0) is 0 Å². The van der Waals surface area contributed by atoms with Gasteiger partial charge >= 0.3 is 0 Å². The summed E-state index contributed by atoms with van der Waals surface area (Å²) >= 11 is 0. The maximum atomic E-state index is 13.5. The predicted molar refractivity (Wildman–Crippen MR) is 62.8 cm³/mol. The highest BCUT2D eigenvalue weighted by Crippen LogP contribution is 2.23. The number of rotatable bonds is 4. The molecule has 0 aliphatic carbocycles. The van der Waals surface area contributed by atoms with Gasteiger partial charge in [0.1, 0.15) is 5.56 Å². The van der Waals surface area contributed by atoms with Crippen LogP contribution in [0.3, 0.4) is 0 Å². The number of amides is 1. The average molecular weight is 277 g/mol. The third-order valence-electron chi connectivity index (χ3n) is 3.02. The Bertz CT molecular complexity index is 473. The fourth-order valence-electron chi connectivity index (χ4n) is 1.44. The van der Waals surface area contributed by atoms with Crippen LogP contribution < -0.4 is 5.32 Å². The highest BCUT2D eigenvalue weighted by Gasteiger charge is 2.27. The van der Waals surface area contributed by atoms with Crippen LogP contribution in [0, 0.1) is 36.1 Å². The van der Waals surface area contributed by atoms with Gasteiger partial charge in [0.15, 0.2) is 23.3 Å². The van der Waals surface area contributed by atoms with E-state index in [0.29, 0.717) is 0 Å². The number of benzene rings is 1. The molecule has 1 rings (SSSR count). The molecule has 0 heterocycles. The van der Waals surface area contributed by atoms with Crippen LogP contribution >= 0.6 is 0 Å². The second kappa shape index (κ2) is 6.04. The quantitative estimate of drug-likeness (QED) is 0.664. The van der Waals surface area contributed by atoms with Gasteiger partial charge in [-0.2, -0.15) is 0 Å². The van der Waals surface area contributed by atoms with Crippen molar-refractivity contribution in [3.8, 4) is 0 Å². The minimum atomic E-state index is -1.67. The first kappa shape index (κ1) is 15.5. The second-order valence-corrected chi connectivity index (χ2v) is 4.48. The van der Waals surface area contributed by atoms with E-state index in [-0.39, 0.29) is 12.5 Å². The standard InChI is InChI=1S/C13H15F4NO/c1-4-6(2)5-18-13(19)8-11(16)9(14)7(3)10(15)12(8)17/h6H,4-5H2,1-3H3,(H,18,19). The Balaban J connectivity index is 3.10. The SMILES string of the molecule is CCC(C)CNC(=O)c1c(F)c(F)c(C)c(F)c1F. The van der Waals surface area contributed by atoms with Crippen LogP contribution in [0.2, 0.25) is 0 Å². The van der Waals surface area contributed by atoms with Gasteiger partial charge in [-0.3, -0.25) is 4.79 Å². The first-order valence-electron chi connectivity index (χ1n) is 5.91. The van der Waals surface area contributed by atoms with E-state index in [9.17, 15) is 22.4 Å². The molecule has 1 atom stereocenters. The van der Waals surface area contributed by atoms with E-state index in [0.717, 1.165) is 13.3 Å². The number of nitrogens with one attached hydrogen (secondary N) is 1. The van der Waals surface area contributed by atoms with Gasteiger partial charge in [0.05, 0.1) is 0 Å². The zero-order valence-corrected chi connectivity index (χ0v) is 10.9. The first-order valence-corrected chi connectivity index (χ1v) is 5.91. The molecule has 0 aromatic heterocycles. The molecule has 1 aromatic rings. The topological polar surface area (TPSA) is 29.1 Å². The molecule has 0 fully saturated rings. The summed E-state index contributed by atoms with van der Waals surface area (Å²) in [6, 6.07) is 0. The maximum absolute atomic E-state index is 13.5. The molecule has 0 saturated heterocycles. The van der Waals surface area contributed by atoms with E-state index in [4.69, 9.17) is 0 Å². The summed E-state index contributed by atoms with van der Waals surface area (Å²) in [7, 11) is 0. The zero-order valence-electron chi connectivity index (χ0n) is 10.9. The Morgan fingerprint density at radius 3 is 2.00 bits per heavy atom. The summed E-state index contributed by atoms with van der Waals surface area (Å²) in [4.78, 5) is 11.6. The van der Waals surface area contributed by atoms with Gasteiger partial charge in [0.2, 0.25) is 0 Å². The van der Waals surface area contributed by atoms with E-state index in [1.165, 1.54) is 0 Å².